The first-order valence-corrected chi connectivity index (χ1v) is 6.66. The van der Waals surface area contributed by atoms with Crippen molar-refractivity contribution in [3.05, 3.63) is 46.0 Å². The van der Waals surface area contributed by atoms with E-state index in [0.717, 1.165) is 5.56 Å². The molecule has 0 spiro atoms. The lowest BCUT2D eigenvalue weighted by atomic mass is 10.0. The molecule has 2 aromatic heterocycles. The van der Waals surface area contributed by atoms with E-state index in [1.54, 1.807) is 38.1 Å². The summed E-state index contributed by atoms with van der Waals surface area (Å²) in [5.41, 5.74) is 0.864. The molecule has 0 saturated heterocycles. The van der Waals surface area contributed by atoms with Crippen LogP contribution < -0.4 is 5.56 Å². The molecular weight excluding hydrogens is 270 g/mol. The van der Waals surface area contributed by atoms with Crippen LogP contribution in [0.15, 0.2) is 29.2 Å². The van der Waals surface area contributed by atoms with Gasteiger partial charge in [0.2, 0.25) is 0 Å². The number of aryl methyl sites for hydroxylation is 1. The van der Waals surface area contributed by atoms with Crippen molar-refractivity contribution in [3.63, 3.8) is 0 Å². The van der Waals surface area contributed by atoms with Gasteiger partial charge < -0.3 is 5.11 Å². The zero-order chi connectivity index (χ0) is 15.8. The number of aromatic nitrogens is 2. The molecule has 0 radical (unpaired) electrons. The molecule has 0 unspecified atom stereocenters. The molecule has 6 nitrogen and oxygen atoms in total. The van der Waals surface area contributed by atoms with Crippen LogP contribution in [-0.4, -0.2) is 37.9 Å². The minimum Gasteiger partial charge on any atom is -0.480 e. The van der Waals surface area contributed by atoms with Gasteiger partial charge in [-0.1, -0.05) is 6.07 Å². The summed E-state index contributed by atoms with van der Waals surface area (Å²) in [5, 5.41) is 9.23. The molecule has 2 aromatic rings. The highest BCUT2D eigenvalue weighted by atomic mass is 16.4. The van der Waals surface area contributed by atoms with E-state index in [1.807, 2.05) is 13.0 Å². The van der Waals surface area contributed by atoms with Gasteiger partial charge in [-0.25, -0.2) is 4.98 Å². The quantitative estimate of drug-likeness (QED) is 0.918. The smallest absolute Gasteiger partial charge is 0.323 e. The van der Waals surface area contributed by atoms with Crippen molar-refractivity contribution in [1.82, 2.24) is 14.3 Å². The lowest BCUT2D eigenvalue weighted by Gasteiger charge is -2.31. The Balaban J connectivity index is 2.43. The number of hydrogen-bond donors (Lipinski definition) is 1. The first-order chi connectivity index (χ1) is 9.73. The molecule has 0 fully saturated rings. The normalized spacial score (nSPS) is 12.0. The van der Waals surface area contributed by atoms with Gasteiger partial charge in [0.05, 0.1) is 5.69 Å². The van der Waals surface area contributed by atoms with Gasteiger partial charge in [0, 0.05) is 18.8 Å². The van der Waals surface area contributed by atoms with Crippen LogP contribution in [0.2, 0.25) is 0 Å². The Morgan fingerprint density at radius 3 is 2.76 bits per heavy atom. The molecule has 0 bridgehead atoms. The predicted octanol–water partition coefficient (Wildman–Crippen LogP) is 1.30. The average molecular weight is 289 g/mol. The molecule has 0 aromatic carbocycles. The van der Waals surface area contributed by atoms with Gasteiger partial charge in [-0.2, -0.15) is 0 Å². The number of hydrogen-bond acceptors (Lipinski definition) is 4. The Morgan fingerprint density at radius 1 is 1.48 bits per heavy atom. The topological polar surface area (TPSA) is 74.9 Å². The second-order valence-electron chi connectivity index (χ2n) is 5.69. The van der Waals surface area contributed by atoms with Crippen LogP contribution in [0.25, 0.3) is 5.65 Å². The number of rotatable bonds is 4. The third kappa shape index (κ3) is 2.80. The molecule has 0 atom stereocenters. The van der Waals surface area contributed by atoms with Gasteiger partial charge >= 0.3 is 5.97 Å². The van der Waals surface area contributed by atoms with Crippen molar-refractivity contribution in [1.29, 1.82) is 0 Å². The minimum atomic E-state index is -1.03. The van der Waals surface area contributed by atoms with Gasteiger partial charge in [-0.3, -0.25) is 18.9 Å². The van der Waals surface area contributed by atoms with Crippen molar-refractivity contribution in [3.8, 4) is 0 Å². The maximum atomic E-state index is 12.1. The molecule has 6 heteroatoms. The second-order valence-corrected chi connectivity index (χ2v) is 5.69. The summed E-state index contributed by atoms with van der Waals surface area (Å²) < 4.78 is 1.49. The summed E-state index contributed by atoms with van der Waals surface area (Å²) in [6.45, 7) is 5.42. The van der Waals surface area contributed by atoms with Crippen LogP contribution in [-0.2, 0) is 11.3 Å². The summed E-state index contributed by atoms with van der Waals surface area (Å²) in [6.07, 6.45) is 1.67. The molecule has 1 N–H and O–H groups in total. The molecule has 0 aliphatic rings. The van der Waals surface area contributed by atoms with E-state index in [2.05, 4.69) is 4.98 Å². The van der Waals surface area contributed by atoms with Gasteiger partial charge in [0.1, 0.15) is 11.2 Å². The molecule has 0 amide bonds. The number of carboxylic acids is 1. The number of fused-ring (bicyclic) bond motifs is 1. The average Bonchev–Trinajstić information content (AvgIpc) is 2.39. The minimum absolute atomic E-state index is 0.166. The Hall–Kier alpha value is -2.21. The zero-order valence-corrected chi connectivity index (χ0v) is 12.6. The summed E-state index contributed by atoms with van der Waals surface area (Å²) in [7, 11) is 1.70. The van der Waals surface area contributed by atoms with Crippen LogP contribution in [0.5, 0.6) is 0 Å². The lowest BCUT2D eigenvalue weighted by Crippen LogP contribution is -2.47. The molecule has 112 valence electrons. The maximum Gasteiger partial charge on any atom is 0.323 e. The van der Waals surface area contributed by atoms with Crippen LogP contribution in [0.4, 0.5) is 0 Å². The van der Waals surface area contributed by atoms with Crippen molar-refractivity contribution in [2.75, 3.05) is 7.05 Å². The highest BCUT2D eigenvalue weighted by Gasteiger charge is 2.32. The van der Waals surface area contributed by atoms with Crippen molar-refractivity contribution in [2.45, 2.75) is 32.9 Å². The molecular formula is C15H19N3O3. The Morgan fingerprint density at radius 2 is 2.14 bits per heavy atom. The van der Waals surface area contributed by atoms with Crippen molar-refractivity contribution in [2.24, 2.45) is 0 Å². The molecule has 0 aliphatic carbocycles. The molecule has 2 heterocycles. The standard InChI is InChI=1S/C15H19N3O3/c1-10-6-5-7-18-12(19)8-11(16-13(10)18)9-17(4)15(2,3)14(20)21/h5-8H,9H2,1-4H3,(H,20,21). The number of carboxylic acid groups (broad SMARTS) is 1. The van der Waals surface area contributed by atoms with Gasteiger partial charge in [0.25, 0.3) is 5.56 Å². The van der Waals surface area contributed by atoms with E-state index >= 15 is 0 Å². The van der Waals surface area contributed by atoms with Gasteiger partial charge in [0.15, 0.2) is 0 Å². The second kappa shape index (κ2) is 5.29. The highest BCUT2D eigenvalue weighted by Crippen LogP contribution is 2.15. The SMILES string of the molecule is Cc1cccn2c(=O)cc(CN(C)C(C)(C)C(=O)O)nc12. The fourth-order valence-electron chi connectivity index (χ4n) is 1.99. The van der Waals surface area contributed by atoms with Crippen LogP contribution in [0.3, 0.4) is 0 Å². The van der Waals surface area contributed by atoms with Crippen molar-refractivity contribution < 1.29 is 9.90 Å². The first kappa shape index (κ1) is 15.2. The molecule has 0 aliphatic heterocycles. The third-order valence-corrected chi connectivity index (χ3v) is 3.82. The van der Waals surface area contributed by atoms with Crippen LogP contribution >= 0.6 is 0 Å². The predicted molar refractivity (Wildman–Crippen MR) is 79.4 cm³/mol. The van der Waals surface area contributed by atoms with E-state index in [9.17, 15) is 14.7 Å². The fraction of sp³-hybridized carbons (Fsp3) is 0.400. The third-order valence-electron chi connectivity index (χ3n) is 3.82. The number of nitrogens with zero attached hydrogens (tertiary/aromatic N) is 3. The maximum absolute atomic E-state index is 12.1. The monoisotopic (exact) mass is 289 g/mol. The van der Waals surface area contributed by atoms with E-state index in [1.165, 1.54) is 10.5 Å². The Bertz CT molecular complexity index is 749. The summed E-state index contributed by atoms with van der Waals surface area (Å²) in [4.78, 5) is 29.5. The first-order valence-electron chi connectivity index (χ1n) is 6.66. The number of carbonyl (C=O) groups is 1. The van der Waals surface area contributed by atoms with Gasteiger partial charge in [-0.15, -0.1) is 0 Å². The van der Waals surface area contributed by atoms with Crippen LogP contribution in [0.1, 0.15) is 25.1 Å². The number of likely N-dealkylation sites (N-methyl/N-ethyl adjacent to an activating group) is 1. The Labute approximate surface area is 122 Å². The largest absolute Gasteiger partial charge is 0.480 e. The van der Waals surface area contributed by atoms with Crippen LogP contribution in [0, 0.1) is 6.92 Å². The van der Waals surface area contributed by atoms with E-state index in [0.29, 0.717) is 17.9 Å². The fourth-order valence-corrected chi connectivity index (χ4v) is 1.99. The van der Waals surface area contributed by atoms with Crippen molar-refractivity contribution >= 4 is 11.6 Å². The van der Waals surface area contributed by atoms with Gasteiger partial charge in [-0.05, 0) is 39.4 Å². The van der Waals surface area contributed by atoms with E-state index in [-0.39, 0.29) is 5.56 Å². The van der Waals surface area contributed by atoms with E-state index in [4.69, 9.17) is 0 Å². The van der Waals surface area contributed by atoms with E-state index < -0.39 is 11.5 Å². The number of aliphatic carboxylic acids is 1. The molecule has 21 heavy (non-hydrogen) atoms. The number of pyridine rings is 1. The highest BCUT2D eigenvalue weighted by molar-refractivity contribution is 5.77. The lowest BCUT2D eigenvalue weighted by molar-refractivity contribution is -0.148. The summed E-state index contributed by atoms with van der Waals surface area (Å²) >= 11 is 0. The molecule has 2 rings (SSSR count). The summed E-state index contributed by atoms with van der Waals surface area (Å²) in [5.74, 6) is -0.918. The molecule has 0 saturated carbocycles. The Kier molecular flexibility index (Phi) is 3.82. The zero-order valence-electron chi connectivity index (χ0n) is 12.6. The summed E-state index contributed by atoms with van der Waals surface area (Å²) in [6, 6.07) is 5.13.